The lowest BCUT2D eigenvalue weighted by atomic mass is 10.2. The SMILES string of the molecule is CCS(=O)c1ccc(C#N)cc1NN. The lowest BCUT2D eigenvalue weighted by molar-refractivity contribution is 0.684. The molecule has 1 atom stereocenters. The third-order valence-corrected chi connectivity index (χ3v) is 3.14. The fraction of sp³-hybridized carbons (Fsp3) is 0.222. The van der Waals surface area contributed by atoms with Crippen molar-refractivity contribution in [3.8, 4) is 6.07 Å². The number of hydrogen-bond donors (Lipinski definition) is 2. The first-order valence-electron chi connectivity index (χ1n) is 4.12. The van der Waals surface area contributed by atoms with Gasteiger partial charge in [-0.3, -0.25) is 10.1 Å². The Morgan fingerprint density at radius 3 is 2.86 bits per heavy atom. The summed E-state index contributed by atoms with van der Waals surface area (Å²) in [6.07, 6.45) is 0. The fourth-order valence-corrected chi connectivity index (χ4v) is 1.96. The molecule has 4 nitrogen and oxygen atoms in total. The summed E-state index contributed by atoms with van der Waals surface area (Å²) in [4.78, 5) is 0.633. The summed E-state index contributed by atoms with van der Waals surface area (Å²) in [7, 11) is -1.06. The van der Waals surface area contributed by atoms with Gasteiger partial charge in [0, 0.05) is 5.75 Å². The highest BCUT2D eigenvalue weighted by molar-refractivity contribution is 7.85. The third-order valence-electron chi connectivity index (χ3n) is 1.77. The van der Waals surface area contributed by atoms with Gasteiger partial charge in [-0.15, -0.1) is 0 Å². The van der Waals surface area contributed by atoms with E-state index >= 15 is 0 Å². The van der Waals surface area contributed by atoms with Crippen molar-refractivity contribution < 1.29 is 4.21 Å². The van der Waals surface area contributed by atoms with E-state index in [1.165, 1.54) is 0 Å². The Morgan fingerprint density at radius 1 is 1.64 bits per heavy atom. The van der Waals surface area contributed by atoms with Crippen molar-refractivity contribution in [3.05, 3.63) is 23.8 Å². The quantitative estimate of drug-likeness (QED) is 0.574. The zero-order valence-electron chi connectivity index (χ0n) is 7.78. The number of nitrogen functional groups attached to an aromatic ring is 1. The van der Waals surface area contributed by atoms with E-state index in [1.54, 1.807) is 18.2 Å². The average molecular weight is 209 g/mol. The van der Waals surface area contributed by atoms with E-state index in [4.69, 9.17) is 11.1 Å². The Hall–Kier alpha value is -1.38. The van der Waals surface area contributed by atoms with Gasteiger partial charge in [-0.25, -0.2) is 0 Å². The highest BCUT2D eigenvalue weighted by Gasteiger charge is 2.07. The molecular formula is C9H11N3OS. The molecule has 1 rings (SSSR count). The van der Waals surface area contributed by atoms with Crippen molar-refractivity contribution in [2.45, 2.75) is 11.8 Å². The van der Waals surface area contributed by atoms with E-state index in [0.717, 1.165) is 0 Å². The predicted molar refractivity (Wildman–Crippen MR) is 55.9 cm³/mol. The molecule has 0 aliphatic heterocycles. The summed E-state index contributed by atoms with van der Waals surface area (Å²) in [6, 6.07) is 6.87. The largest absolute Gasteiger partial charge is 0.323 e. The second-order valence-electron chi connectivity index (χ2n) is 2.60. The normalized spacial score (nSPS) is 11.8. The summed E-state index contributed by atoms with van der Waals surface area (Å²) in [6.45, 7) is 1.83. The number of hydrogen-bond acceptors (Lipinski definition) is 4. The molecule has 0 spiro atoms. The van der Waals surface area contributed by atoms with Gasteiger partial charge in [0.05, 0.1) is 33.0 Å². The van der Waals surface area contributed by atoms with E-state index in [-0.39, 0.29) is 0 Å². The molecule has 0 saturated heterocycles. The van der Waals surface area contributed by atoms with Crippen molar-refractivity contribution in [2.75, 3.05) is 11.2 Å². The van der Waals surface area contributed by atoms with Gasteiger partial charge in [0.25, 0.3) is 0 Å². The van der Waals surface area contributed by atoms with Crippen LogP contribution in [0.15, 0.2) is 23.1 Å². The van der Waals surface area contributed by atoms with Gasteiger partial charge in [0.2, 0.25) is 0 Å². The van der Waals surface area contributed by atoms with Crippen LogP contribution in [0.1, 0.15) is 12.5 Å². The molecule has 3 N–H and O–H groups in total. The zero-order chi connectivity index (χ0) is 10.6. The Morgan fingerprint density at radius 2 is 2.36 bits per heavy atom. The molecule has 5 heteroatoms. The number of nitrogens with two attached hydrogens (primary N) is 1. The first-order valence-corrected chi connectivity index (χ1v) is 5.44. The van der Waals surface area contributed by atoms with Gasteiger partial charge in [-0.2, -0.15) is 5.26 Å². The maximum atomic E-state index is 11.5. The van der Waals surface area contributed by atoms with Crippen molar-refractivity contribution >= 4 is 16.5 Å². The fourth-order valence-electron chi connectivity index (χ4n) is 1.07. The monoisotopic (exact) mass is 209 g/mol. The molecule has 0 aliphatic rings. The number of hydrazine groups is 1. The average Bonchev–Trinajstić information content (AvgIpc) is 2.27. The van der Waals surface area contributed by atoms with Crippen LogP contribution in [0.4, 0.5) is 5.69 Å². The summed E-state index contributed by atoms with van der Waals surface area (Å²) in [5.41, 5.74) is 3.48. The molecule has 0 radical (unpaired) electrons. The number of anilines is 1. The first kappa shape index (κ1) is 10.7. The number of nitrogens with one attached hydrogen (secondary N) is 1. The lowest BCUT2D eigenvalue weighted by Gasteiger charge is -2.07. The maximum Gasteiger partial charge on any atom is 0.0992 e. The second kappa shape index (κ2) is 4.74. The van der Waals surface area contributed by atoms with Crippen molar-refractivity contribution in [1.29, 1.82) is 5.26 Å². The number of rotatable bonds is 3. The molecule has 1 unspecified atom stereocenters. The standard InChI is InChI=1S/C9H11N3OS/c1-2-14(13)9-4-3-7(6-10)5-8(9)12-11/h3-5,12H,2,11H2,1H3. The molecule has 14 heavy (non-hydrogen) atoms. The van der Waals surface area contributed by atoms with Crippen LogP contribution in [0.3, 0.4) is 0 Å². The van der Waals surface area contributed by atoms with Crippen LogP contribution in [0.2, 0.25) is 0 Å². The number of benzene rings is 1. The minimum Gasteiger partial charge on any atom is -0.323 e. The van der Waals surface area contributed by atoms with Crippen LogP contribution in [-0.4, -0.2) is 9.96 Å². The van der Waals surface area contributed by atoms with Crippen LogP contribution in [0.5, 0.6) is 0 Å². The van der Waals surface area contributed by atoms with Gasteiger partial charge < -0.3 is 5.43 Å². The van der Waals surface area contributed by atoms with E-state index in [2.05, 4.69) is 5.43 Å². The zero-order valence-corrected chi connectivity index (χ0v) is 8.60. The Bertz CT molecular complexity index is 398. The summed E-state index contributed by atoms with van der Waals surface area (Å²) in [5.74, 6) is 5.80. The molecule has 0 heterocycles. The van der Waals surface area contributed by atoms with E-state index < -0.39 is 10.8 Å². The van der Waals surface area contributed by atoms with Crippen LogP contribution >= 0.6 is 0 Å². The van der Waals surface area contributed by atoms with E-state index in [1.807, 2.05) is 13.0 Å². The molecule has 0 saturated carbocycles. The van der Waals surface area contributed by atoms with Gasteiger partial charge in [0.15, 0.2) is 0 Å². The van der Waals surface area contributed by atoms with E-state index in [9.17, 15) is 4.21 Å². The number of nitrogens with zero attached hydrogens (tertiary/aromatic N) is 1. The van der Waals surface area contributed by atoms with Crippen LogP contribution in [0, 0.1) is 11.3 Å². The van der Waals surface area contributed by atoms with Gasteiger partial charge in [0.1, 0.15) is 0 Å². The Kier molecular flexibility index (Phi) is 3.63. The van der Waals surface area contributed by atoms with Gasteiger partial charge in [-0.05, 0) is 18.2 Å². The molecule has 0 aliphatic carbocycles. The smallest absolute Gasteiger partial charge is 0.0992 e. The highest BCUT2D eigenvalue weighted by atomic mass is 32.2. The molecule has 1 aromatic rings. The van der Waals surface area contributed by atoms with Crippen molar-refractivity contribution in [1.82, 2.24) is 0 Å². The van der Waals surface area contributed by atoms with Crippen LogP contribution in [-0.2, 0) is 10.8 Å². The highest BCUT2D eigenvalue weighted by Crippen LogP contribution is 2.20. The summed E-state index contributed by atoms with van der Waals surface area (Å²) >= 11 is 0. The van der Waals surface area contributed by atoms with Crippen LogP contribution < -0.4 is 11.3 Å². The van der Waals surface area contributed by atoms with Crippen molar-refractivity contribution in [3.63, 3.8) is 0 Å². The molecular weight excluding hydrogens is 198 g/mol. The molecule has 0 aromatic heterocycles. The van der Waals surface area contributed by atoms with Gasteiger partial charge in [-0.1, -0.05) is 6.92 Å². The minimum absolute atomic E-state index is 0.495. The van der Waals surface area contributed by atoms with E-state index in [0.29, 0.717) is 21.9 Å². The third kappa shape index (κ3) is 2.10. The molecule has 0 amide bonds. The Balaban J connectivity index is 3.19. The first-order chi connectivity index (χ1) is 6.72. The topological polar surface area (TPSA) is 78.9 Å². The maximum absolute atomic E-state index is 11.5. The predicted octanol–water partition coefficient (Wildman–Crippen LogP) is 0.971. The minimum atomic E-state index is -1.06. The second-order valence-corrected chi connectivity index (χ2v) is 4.31. The lowest BCUT2D eigenvalue weighted by Crippen LogP contribution is -2.10. The molecule has 74 valence electrons. The summed E-state index contributed by atoms with van der Waals surface area (Å²) < 4.78 is 11.5. The van der Waals surface area contributed by atoms with Crippen molar-refractivity contribution in [2.24, 2.45) is 5.84 Å². The molecule has 1 aromatic carbocycles. The number of nitriles is 1. The summed E-state index contributed by atoms with van der Waals surface area (Å²) in [5, 5.41) is 8.65. The molecule has 0 bridgehead atoms. The van der Waals surface area contributed by atoms with Gasteiger partial charge >= 0.3 is 0 Å². The van der Waals surface area contributed by atoms with Crippen LogP contribution in [0.25, 0.3) is 0 Å². The Labute approximate surface area is 85.2 Å². The molecule has 0 fully saturated rings.